The molecule has 2 aliphatic heterocycles. The number of ether oxygens (including phenoxy) is 2. The first kappa shape index (κ1) is 17.2. The van der Waals surface area contributed by atoms with E-state index in [1.807, 2.05) is 29.2 Å². The molecule has 132 valence electrons. The Balaban J connectivity index is 1.56. The molecule has 0 saturated carbocycles. The third-order valence-electron chi connectivity index (χ3n) is 4.81. The fourth-order valence-corrected chi connectivity index (χ4v) is 3.41. The van der Waals surface area contributed by atoms with Crippen LogP contribution in [0.25, 0.3) is 0 Å². The summed E-state index contributed by atoms with van der Waals surface area (Å²) >= 11 is 0. The van der Waals surface area contributed by atoms with Gasteiger partial charge in [-0.2, -0.15) is 0 Å². The maximum Gasteiger partial charge on any atom is 0.253 e. The van der Waals surface area contributed by atoms with Crippen molar-refractivity contribution in [2.75, 3.05) is 46.0 Å². The fourth-order valence-electron chi connectivity index (χ4n) is 3.41. The van der Waals surface area contributed by atoms with E-state index in [0.717, 1.165) is 70.0 Å². The summed E-state index contributed by atoms with van der Waals surface area (Å²) in [6.45, 7) is 8.13. The van der Waals surface area contributed by atoms with Gasteiger partial charge in [0.05, 0.1) is 13.2 Å². The third-order valence-corrected chi connectivity index (χ3v) is 4.81. The number of benzene rings is 1. The summed E-state index contributed by atoms with van der Waals surface area (Å²) in [5.41, 5.74) is 0.747. The van der Waals surface area contributed by atoms with Crippen molar-refractivity contribution < 1.29 is 14.3 Å². The van der Waals surface area contributed by atoms with Gasteiger partial charge in [0.25, 0.3) is 5.91 Å². The summed E-state index contributed by atoms with van der Waals surface area (Å²) in [7, 11) is 0. The van der Waals surface area contributed by atoms with Crippen LogP contribution in [0.2, 0.25) is 0 Å². The van der Waals surface area contributed by atoms with Crippen LogP contribution in [0, 0.1) is 0 Å². The molecule has 0 aromatic heterocycles. The van der Waals surface area contributed by atoms with Crippen molar-refractivity contribution in [3.8, 4) is 5.75 Å². The Kier molecular flexibility index (Phi) is 6.10. The van der Waals surface area contributed by atoms with Gasteiger partial charge in [-0.3, -0.25) is 9.69 Å². The van der Waals surface area contributed by atoms with E-state index in [1.165, 1.54) is 0 Å². The number of amides is 1. The van der Waals surface area contributed by atoms with Crippen molar-refractivity contribution in [1.82, 2.24) is 9.80 Å². The Hall–Kier alpha value is -1.59. The van der Waals surface area contributed by atoms with Crippen LogP contribution in [0.1, 0.15) is 36.5 Å². The lowest BCUT2D eigenvalue weighted by atomic mass is 10.2. The molecule has 0 radical (unpaired) electrons. The van der Waals surface area contributed by atoms with Gasteiger partial charge in [0.2, 0.25) is 0 Å². The topological polar surface area (TPSA) is 42.0 Å². The number of hydrogen-bond acceptors (Lipinski definition) is 4. The van der Waals surface area contributed by atoms with Crippen LogP contribution >= 0.6 is 0 Å². The van der Waals surface area contributed by atoms with E-state index in [2.05, 4.69) is 11.8 Å². The smallest absolute Gasteiger partial charge is 0.253 e. The van der Waals surface area contributed by atoms with Gasteiger partial charge in [-0.1, -0.05) is 6.92 Å². The predicted molar refractivity (Wildman–Crippen MR) is 93.5 cm³/mol. The molecule has 0 spiro atoms. The summed E-state index contributed by atoms with van der Waals surface area (Å²) in [6.07, 6.45) is 3.13. The average molecular weight is 332 g/mol. The van der Waals surface area contributed by atoms with Crippen molar-refractivity contribution in [2.24, 2.45) is 0 Å². The van der Waals surface area contributed by atoms with E-state index in [1.54, 1.807) is 0 Å². The minimum Gasteiger partial charge on any atom is -0.494 e. The van der Waals surface area contributed by atoms with Gasteiger partial charge in [0.1, 0.15) is 5.75 Å². The molecule has 2 heterocycles. The van der Waals surface area contributed by atoms with Gasteiger partial charge >= 0.3 is 0 Å². The molecule has 2 aliphatic rings. The number of rotatable bonds is 5. The van der Waals surface area contributed by atoms with Crippen LogP contribution < -0.4 is 4.74 Å². The highest BCUT2D eigenvalue weighted by molar-refractivity contribution is 5.94. The molecule has 1 amide bonds. The fraction of sp³-hybridized carbons (Fsp3) is 0.632. The van der Waals surface area contributed by atoms with Crippen molar-refractivity contribution in [3.63, 3.8) is 0 Å². The minimum absolute atomic E-state index is 0.126. The van der Waals surface area contributed by atoms with Crippen LogP contribution in [0.15, 0.2) is 24.3 Å². The van der Waals surface area contributed by atoms with E-state index in [-0.39, 0.29) is 5.91 Å². The molecule has 0 aliphatic carbocycles. The zero-order valence-electron chi connectivity index (χ0n) is 14.6. The van der Waals surface area contributed by atoms with E-state index in [4.69, 9.17) is 9.47 Å². The molecule has 5 heteroatoms. The highest BCUT2D eigenvalue weighted by atomic mass is 16.5. The van der Waals surface area contributed by atoms with Gasteiger partial charge in [-0.15, -0.1) is 0 Å². The van der Waals surface area contributed by atoms with Crippen LogP contribution in [0.5, 0.6) is 5.75 Å². The SMILES string of the molecule is CCCOc1ccc(C(=O)N2CCCN(C3CCOC3)CC2)cc1. The Morgan fingerprint density at radius 3 is 2.75 bits per heavy atom. The zero-order chi connectivity index (χ0) is 16.8. The van der Waals surface area contributed by atoms with Gasteiger partial charge in [0.15, 0.2) is 0 Å². The highest BCUT2D eigenvalue weighted by Crippen LogP contribution is 2.18. The number of carbonyl (C=O) groups excluding carboxylic acids is 1. The Morgan fingerprint density at radius 1 is 1.21 bits per heavy atom. The number of carbonyl (C=O) groups is 1. The van der Waals surface area contributed by atoms with Crippen LogP contribution in [0.4, 0.5) is 0 Å². The number of hydrogen-bond donors (Lipinski definition) is 0. The van der Waals surface area contributed by atoms with Crippen molar-refractivity contribution in [1.29, 1.82) is 0 Å². The van der Waals surface area contributed by atoms with Crippen molar-refractivity contribution in [2.45, 2.75) is 32.2 Å². The second-order valence-corrected chi connectivity index (χ2v) is 6.57. The standard InChI is InChI=1S/C19H28N2O3/c1-2-13-24-18-6-4-16(5-7-18)19(22)21-10-3-9-20(11-12-21)17-8-14-23-15-17/h4-7,17H,2-3,8-15H2,1H3. The average Bonchev–Trinajstić information content (AvgIpc) is 3.04. The predicted octanol–water partition coefficient (Wildman–Crippen LogP) is 2.41. The van der Waals surface area contributed by atoms with Crippen LogP contribution in [-0.2, 0) is 4.74 Å². The van der Waals surface area contributed by atoms with Gasteiger partial charge < -0.3 is 14.4 Å². The van der Waals surface area contributed by atoms with Gasteiger partial charge in [-0.25, -0.2) is 0 Å². The lowest BCUT2D eigenvalue weighted by molar-refractivity contribution is 0.0756. The molecule has 24 heavy (non-hydrogen) atoms. The molecule has 2 saturated heterocycles. The molecular weight excluding hydrogens is 304 g/mol. The van der Waals surface area contributed by atoms with Crippen molar-refractivity contribution >= 4 is 5.91 Å². The second kappa shape index (κ2) is 8.49. The first-order valence-electron chi connectivity index (χ1n) is 9.12. The largest absolute Gasteiger partial charge is 0.494 e. The van der Waals surface area contributed by atoms with Crippen LogP contribution in [-0.4, -0.2) is 67.7 Å². The Labute approximate surface area is 144 Å². The van der Waals surface area contributed by atoms with E-state index >= 15 is 0 Å². The second-order valence-electron chi connectivity index (χ2n) is 6.57. The van der Waals surface area contributed by atoms with Crippen LogP contribution in [0.3, 0.4) is 0 Å². The lowest BCUT2D eigenvalue weighted by Gasteiger charge is -2.26. The third kappa shape index (κ3) is 4.28. The first-order chi connectivity index (χ1) is 11.8. The minimum atomic E-state index is 0.126. The summed E-state index contributed by atoms with van der Waals surface area (Å²) in [5, 5.41) is 0. The molecule has 0 N–H and O–H groups in total. The summed E-state index contributed by atoms with van der Waals surface area (Å²) in [6, 6.07) is 8.07. The van der Waals surface area contributed by atoms with E-state index in [0.29, 0.717) is 12.6 Å². The summed E-state index contributed by atoms with van der Waals surface area (Å²) < 4.78 is 11.1. The Morgan fingerprint density at radius 2 is 2.04 bits per heavy atom. The van der Waals surface area contributed by atoms with Gasteiger partial charge in [-0.05, 0) is 43.5 Å². The molecule has 1 unspecified atom stereocenters. The maximum atomic E-state index is 12.7. The highest BCUT2D eigenvalue weighted by Gasteiger charge is 2.27. The van der Waals surface area contributed by atoms with Gasteiger partial charge in [0, 0.05) is 44.4 Å². The summed E-state index contributed by atoms with van der Waals surface area (Å²) in [4.78, 5) is 17.2. The molecular formula is C19H28N2O3. The quantitative estimate of drug-likeness (QED) is 0.830. The molecule has 2 fully saturated rings. The van der Waals surface area contributed by atoms with E-state index in [9.17, 15) is 4.79 Å². The molecule has 1 aromatic carbocycles. The first-order valence-corrected chi connectivity index (χ1v) is 9.12. The molecule has 1 atom stereocenters. The molecule has 5 nitrogen and oxygen atoms in total. The maximum absolute atomic E-state index is 12.7. The monoisotopic (exact) mass is 332 g/mol. The van der Waals surface area contributed by atoms with E-state index < -0.39 is 0 Å². The summed E-state index contributed by atoms with van der Waals surface area (Å²) in [5.74, 6) is 0.957. The molecule has 1 aromatic rings. The normalized spacial score (nSPS) is 22.4. The lowest BCUT2D eigenvalue weighted by Crippen LogP contribution is -2.39. The van der Waals surface area contributed by atoms with Crippen molar-refractivity contribution in [3.05, 3.63) is 29.8 Å². The zero-order valence-corrected chi connectivity index (χ0v) is 14.6. The Bertz CT molecular complexity index is 526. The number of nitrogens with zero attached hydrogens (tertiary/aromatic N) is 2. The molecule has 0 bridgehead atoms. The molecule has 3 rings (SSSR count).